The number of guanidine groups is 1. The van der Waals surface area contributed by atoms with Crippen LogP contribution in [0, 0.1) is 0 Å². The van der Waals surface area contributed by atoms with Gasteiger partial charge in [-0.1, -0.05) is 19.0 Å². The van der Waals surface area contributed by atoms with E-state index in [4.69, 9.17) is 4.52 Å². The van der Waals surface area contributed by atoms with Crippen LogP contribution in [-0.2, 0) is 13.1 Å². The van der Waals surface area contributed by atoms with E-state index in [-0.39, 0.29) is 24.0 Å². The molecule has 2 heterocycles. The second-order valence-corrected chi connectivity index (χ2v) is 5.65. The number of nitrogens with zero attached hydrogens (tertiary/aromatic N) is 4. The first-order valence-electron chi connectivity index (χ1n) is 8.70. The van der Waals surface area contributed by atoms with Gasteiger partial charge in [0.15, 0.2) is 11.7 Å². The molecule has 0 aliphatic heterocycles. The standard InChI is InChI=1S/C17H28N6O.HI/c1-4-14(5-2)16-11-15(24-22-16)12-21-17(19-6-3)20-8-10-23-9-7-18-13-23;/h7,9,11,13-14H,4-6,8,10,12H2,1-3H3,(H2,19,20,21);1H. The van der Waals surface area contributed by atoms with Crippen LogP contribution in [0.25, 0.3) is 0 Å². The zero-order valence-corrected chi connectivity index (χ0v) is 17.6. The Morgan fingerprint density at radius 3 is 2.72 bits per heavy atom. The van der Waals surface area contributed by atoms with Crippen LogP contribution < -0.4 is 10.6 Å². The lowest BCUT2D eigenvalue weighted by atomic mass is 9.99. The predicted molar refractivity (Wildman–Crippen MR) is 110 cm³/mol. The van der Waals surface area contributed by atoms with E-state index in [1.165, 1.54) is 0 Å². The molecule has 8 heteroatoms. The average molecular weight is 460 g/mol. The molecule has 2 aromatic heterocycles. The van der Waals surface area contributed by atoms with E-state index < -0.39 is 0 Å². The molecule has 0 bridgehead atoms. The molecule has 0 saturated carbocycles. The van der Waals surface area contributed by atoms with Gasteiger partial charge in [-0.05, 0) is 19.8 Å². The third-order valence-electron chi connectivity index (χ3n) is 3.94. The molecule has 0 spiro atoms. The maximum absolute atomic E-state index is 5.42. The van der Waals surface area contributed by atoms with Crippen molar-refractivity contribution in [3.8, 4) is 0 Å². The summed E-state index contributed by atoms with van der Waals surface area (Å²) >= 11 is 0. The number of nitrogens with one attached hydrogen (secondary N) is 2. The fourth-order valence-electron chi connectivity index (χ4n) is 2.52. The molecule has 0 unspecified atom stereocenters. The normalized spacial score (nSPS) is 11.4. The highest BCUT2D eigenvalue weighted by Crippen LogP contribution is 2.22. The molecule has 2 N–H and O–H groups in total. The van der Waals surface area contributed by atoms with Crippen molar-refractivity contribution in [2.75, 3.05) is 13.1 Å². The van der Waals surface area contributed by atoms with E-state index in [0.717, 1.165) is 49.9 Å². The Morgan fingerprint density at radius 2 is 2.08 bits per heavy atom. The molecule has 0 aliphatic carbocycles. The molecule has 0 aromatic carbocycles. The van der Waals surface area contributed by atoms with Crippen LogP contribution in [0.15, 0.2) is 34.3 Å². The van der Waals surface area contributed by atoms with Crippen LogP contribution in [0.5, 0.6) is 0 Å². The van der Waals surface area contributed by atoms with Crippen molar-refractivity contribution in [1.29, 1.82) is 0 Å². The second kappa shape index (κ2) is 11.9. The van der Waals surface area contributed by atoms with Crippen LogP contribution in [0.2, 0.25) is 0 Å². The van der Waals surface area contributed by atoms with Crippen molar-refractivity contribution in [3.63, 3.8) is 0 Å². The fourth-order valence-corrected chi connectivity index (χ4v) is 2.52. The van der Waals surface area contributed by atoms with Crippen LogP contribution in [-0.4, -0.2) is 33.8 Å². The van der Waals surface area contributed by atoms with Crippen molar-refractivity contribution < 1.29 is 4.52 Å². The van der Waals surface area contributed by atoms with Gasteiger partial charge in [0.25, 0.3) is 0 Å². The van der Waals surface area contributed by atoms with Gasteiger partial charge in [-0.25, -0.2) is 9.98 Å². The molecular weight excluding hydrogens is 431 g/mol. The minimum atomic E-state index is 0. The molecule has 0 atom stereocenters. The topological polar surface area (TPSA) is 80.3 Å². The molecule has 0 fully saturated rings. The van der Waals surface area contributed by atoms with Gasteiger partial charge in [-0.15, -0.1) is 24.0 Å². The Hall–Kier alpha value is -1.58. The molecule has 2 rings (SSSR count). The van der Waals surface area contributed by atoms with Gasteiger partial charge in [0.1, 0.15) is 6.54 Å². The third kappa shape index (κ3) is 7.05. The Bertz CT molecular complexity index is 606. The number of halogens is 1. The summed E-state index contributed by atoms with van der Waals surface area (Å²) in [5.41, 5.74) is 1.03. The van der Waals surface area contributed by atoms with E-state index in [1.807, 2.05) is 23.8 Å². The Morgan fingerprint density at radius 1 is 1.28 bits per heavy atom. The lowest BCUT2D eigenvalue weighted by Crippen LogP contribution is -2.38. The van der Waals surface area contributed by atoms with E-state index >= 15 is 0 Å². The number of rotatable bonds is 9. The maximum Gasteiger partial charge on any atom is 0.191 e. The summed E-state index contributed by atoms with van der Waals surface area (Å²) in [6, 6.07) is 2.02. The quantitative estimate of drug-likeness (QED) is 0.342. The largest absolute Gasteiger partial charge is 0.359 e. The number of aliphatic imine (C=N–C) groups is 1. The van der Waals surface area contributed by atoms with Crippen molar-refractivity contribution >= 4 is 29.9 Å². The number of imidazole rings is 1. The number of aromatic nitrogens is 3. The van der Waals surface area contributed by atoms with E-state index in [0.29, 0.717) is 12.5 Å². The Labute approximate surface area is 166 Å². The van der Waals surface area contributed by atoms with Gasteiger partial charge in [-0.3, -0.25) is 0 Å². The first kappa shape index (κ1) is 21.5. The smallest absolute Gasteiger partial charge is 0.191 e. The highest BCUT2D eigenvalue weighted by atomic mass is 127. The summed E-state index contributed by atoms with van der Waals surface area (Å²) in [7, 11) is 0. The average Bonchev–Trinajstić information content (AvgIpc) is 3.26. The number of hydrogen-bond acceptors (Lipinski definition) is 4. The molecule has 0 aliphatic rings. The SMILES string of the molecule is CCNC(=NCc1cc(C(CC)CC)no1)NCCn1ccnc1.I. The summed E-state index contributed by atoms with van der Waals surface area (Å²) in [5, 5.41) is 10.7. The maximum atomic E-state index is 5.42. The Balaban J connectivity index is 0.00000312. The summed E-state index contributed by atoms with van der Waals surface area (Å²) in [5.74, 6) is 2.04. The molecule has 0 amide bonds. The fraction of sp³-hybridized carbons (Fsp3) is 0.588. The zero-order chi connectivity index (χ0) is 17.2. The first-order chi connectivity index (χ1) is 11.8. The summed E-state index contributed by atoms with van der Waals surface area (Å²) in [4.78, 5) is 8.60. The van der Waals surface area contributed by atoms with Crippen LogP contribution >= 0.6 is 24.0 Å². The second-order valence-electron chi connectivity index (χ2n) is 5.65. The van der Waals surface area contributed by atoms with Gasteiger partial charge in [0.05, 0.1) is 12.0 Å². The van der Waals surface area contributed by atoms with Crippen LogP contribution in [0.3, 0.4) is 0 Å². The third-order valence-corrected chi connectivity index (χ3v) is 3.94. The lowest BCUT2D eigenvalue weighted by Gasteiger charge is -2.11. The van der Waals surface area contributed by atoms with Crippen molar-refractivity contribution in [2.24, 2.45) is 4.99 Å². The van der Waals surface area contributed by atoms with Crippen molar-refractivity contribution in [1.82, 2.24) is 25.3 Å². The van der Waals surface area contributed by atoms with Crippen molar-refractivity contribution in [2.45, 2.75) is 52.6 Å². The van der Waals surface area contributed by atoms with Gasteiger partial charge < -0.3 is 19.7 Å². The van der Waals surface area contributed by atoms with Crippen LogP contribution in [0.4, 0.5) is 0 Å². The summed E-state index contributed by atoms with van der Waals surface area (Å²) < 4.78 is 7.44. The van der Waals surface area contributed by atoms with E-state index in [2.05, 4.69) is 39.6 Å². The minimum absolute atomic E-state index is 0. The lowest BCUT2D eigenvalue weighted by molar-refractivity contribution is 0.372. The van der Waals surface area contributed by atoms with Crippen molar-refractivity contribution in [3.05, 3.63) is 36.2 Å². The molecule has 7 nitrogen and oxygen atoms in total. The zero-order valence-electron chi connectivity index (χ0n) is 15.2. The monoisotopic (exact) mass is 460 g/mol. The predicted octanol–water partition coefficient (Wildman–Crippen LogP) is 3.15. The number of hydrogen-bond donors (Lipinski definition) is 2. The van der Waals surface area contributed by atoms with E-state index in [9.17, 15) is 0 Å². The molecular formula is C17H29IN6O. The highest BCUT2D eigenvalue weighted by molar-refractivity contribution is 14.0. The molecule has 0 saturated heterocycles. The van der Waals surface area contributed by atoms with E-state index in [1.54, 1.807) is 12.5 Å². The molecule has 25 heavy (non-hydrogen) atoms. The molecule has 0 radical (unpaired) electrons. The van der Waals surface area contributed by atoms with Gasteiger partial charge >= 0.3 is 0 Å². The van der Waals surface area contributed by atoms with Crippen LogP contribution in [0.1, 0.15) is 51.0 Å². The molecule has 140 valence electrons. The van der Waals surface area contributed by atoms with Gasteiger partial charge in [-0.2, -0.15) is 0 Å². The minimum Gasteiger partial charge on any atom is -0.359 e. The van der Waals surface area contributed by atoms with Gasteiger partial charge in [0.2, 0.25) is 0 Å². The Kier molecular flexibility index (Phi) is 10.2. The first-order valence-corrected chi connectivity index (χ1v) is 8.70. The highest BCUT2D eigenvalue weighted by Gasteiger charge is 2.12. The van der Waals surface area contributed by atoms with Gasteiger partial charge in [0, 0.05) is 44.0 Å². The molecule has 2 aromatic rings. The summed E-state index contributed by atoms with van der Waals surface area (Å²) in [6.07, 6.45) is 7.67. The summed E-state index contributed by atoms with van der Waals surface area (Å²) in [6.45, 7) is 9.30.